The van der Waals surface area contributed by atoms with Crippen molar-refractivity contribution in [2.24, 2.45) is 4.99 Å². The molecule has 0 bridgehead atoms. The van der Waals surface area contributed by atoms with Crippen LogP contribution < -0.4 is 9.64 Å². The van der Waals surface area contributed by atoms with Crippen molar-refractivity contribution in [3.05, 3.63) is 177 Å². The number of aryl methyl sites for hydroxylation is 1. The molecule has 0 saturated heterocycles. The summed E-state index contributed by atoms with van der Waals surface area (Å²) in [5, 5.41) is 0. The first-order valence-electron chi connectivity index (χ1n) is 20.7. The molecule has 9 rings (SSSR count). The summed E-state index contributed by atoms with van der Waals surface area (Å²) in [5.41, 5.74) is 12.3. The molecular formula is C53H55N3O2. The molecule has 0 fully saturated rings. The largest absolute Gasteiger partial charge is 0.463 e. The summed E-state index contributed by atoms with van der Waals surface area (Å²) in [5.74, 6) is 3.06. The van der Waals surface area contributed by atoms with Crippen molar-refractivity contribution in [2.45, 2.75) is 110 Å². The predicted molar refractivity (Wildman–Crippen MR) is 238 cm³/mol. The second kappa shape index (κ2) is 12.9. The van der Waals surface area contributed by atoms with E-state index in [2.05, 4.69) is 196 Å². The van der Waals surface area contributed by atoms with Crippen molar-refractivity contribution in [2.75, 3.05) is 4.90 Å². The highest BCUT2D eigenvalue weighted by molar-refractivity contribution is 5.97. The lowest BCUT2D eigenvalue weighted by Gasteiger charge is -2.41. The third-order valence-electron chi connectivity index (χ3n) is 13.0. The van der Waals surface area contributed by atoms with Crippen LogP contribution in [0.25, 0.3) is 0 Å². The summed E-state index contributed by atoms with van der Waals surface area (Å²) in [4.78, 5) is 12.9. The van der Waals surface area contributed by atoms with Gasteiger partial charge in [-0.2, -0.15) is 0 Å². The highest BCUT2D eigenvalue weighted by atomic mass is 16.5. The maximum Gasteiger partial charge on any atom is 0.218 e. The molecule has 0 saturated carbocycles. The Morgan fingerprint density at radius 2 is 1.29 bits per heavy atom. The fourth-order valence-corrected chi connectivity index (χ4v) is 9.43. The van der Waals surface area contributed by atoms with E-state index >= 15 is 0 Å². The molecule has 58 heavy (non-hydrogen) atoms. The zero-order valence-electron chi connectivity index (χ0n) is 35.9. The number of hydrogen-bond donors (Lipinski definition) is 0. The molecule has 2 aliphatic heterocycles. The number of anilines is 3. The minimum atomic E-state index is -0.715. The topological polar surface area (TPSA) is 47.0 Å². The van der Waals surface area contributed by atoms with E-state index in [1.807, 2.05) is 6.20 Å². The van der Waals surface area contributed by atoms with Crippen LogP contribution >= 0.6 is 0 Å². The van der Waals surface area contributed by atoms with Crippen LogP contribution in [-0.4, -0.2) is 10.9 Å². The molecule has 5 aromatic carbocycles. The fraction of sp³-hybridized carbons (Fsp3) is 0.321. The smallest absolute Gasteiger partial charge is 0.218 e. The molecule has 0 unspecified atom stereocenters. The molecule has 2 atom stereocenters. The number of nitrogens with zero attached hydrogens (tertiary/aromatic N) is 3. The van der Waals surface area contributed by atoms with Crippen molar-refractivity contribution in [3.8, 4) is 11.5 Å². The highest BCUT2D eigenvalue weighted by Crippen LogP contribution is 2.56. The summed E-state index contributed by atoms with van der Waals surface area (Å²) in [6, 6.07) is 41.6. The van der Waals surface area contributed by atoms with Crippen LogP contribution in [0.2, 0.25) is 0 Å². The maximum absolute atomic E-state index is 7.19. The van der Waals surface area contributed by atoms with Crippen molar-refractivity contribution < 1.29 is 9.47 Å². The van der Waals surface area contributed by atoms with Gasteiger partial charge in [0.2, 0.25) is 5.90 Å². The van der Waals surface area contributed by atoms with Crippen LogP contribution in [0.1, 0.15) is 125 Å². The highest BCUT2D eigenvalue weighted by Gasteiger charge is 2.57. The Hall–Kier alpha value is -5.68. The standard InChI is InChI=1S/C53H55N3O2/c1-33-25-39(56-46-23-22-37(49(2,3)4)31-45(46)51(8,9)44-21-16-24-54-47(44)56)32-40(26-33)57-41-29-36(28-38(30-41)50(5,6)7)48-55-52(10)42-19-14-12-17-34(42)27-35-18-13-15-20-43(35)53(52,11)58-48/h12-26,28-32H,27H2,1-11H3/t52-,53+/m1/s1. The number of aliphatic imine (C=N–C) groups is 1. The van der Waals surface area contributed by atoms with Crippen LogP contribution in [0.4, 0.5) is 17.2 Å². The Morgan fingerprint density at radius 3 is 2.02 bits per heavy atom. The lowest BCUT2D eigenvalue weighted by Crippen LogP contribution is -2.42. The summed E-state index contributed by atoms with van der Waals surface area (Å²) in [6.45, 7) is 24.7. The van der Waals surface area contributed by atoms with E-state index in [4.69, 9.17) is 19.5 Å². The molecule has 5 nitrogen and oxygen atoms in total. The Kier molecular flexibility index (Phi) is 8.43. The average Bonchev–Trinajstić information content (AvgIpc) is 3.41. The number of ether oxygens (including phenoxy) is 2. The van der Waals surface area contributed by atoms with Crippen molar-refractivity contribution in [1.82, 2.24) is 4.98 Å². The van der Waals surface area contributed by atoms with Gasteiger partial charge in [0.25, 0.3) is 0 Å². The zero-order valence-corrected chi connectivity index (χ0v) is 35.9. The number of benzene rings is 5. The quantitative estimate of drug-likeness (QED) is 0.179. The number of fused-ring (bicyclic) bond motifs is 7. The van der Waals surface area contributed by atoms with Gasteiger partial charge < -0.3 is 9.47 Å². The molecule has 5 heteroatoms. The van der Waals surface area contributed by atoms with E-state index < -0.39 is 11.1 Å². The summed E-state index contributed by atoms with van der Waals surface area (Å²) < 4.78 is 14.1. The van der Waals surface area contributed by atoms with E-state index in [1.54, 1.807) is 0 Å². The number of pyridine rings is 1. The zero-order chi connectivity index (χ0) is 41.0. The van der Waals surface area contributed by atoms with Crippen molar-refractivity contribution in [1.29, 1.82) is 0 Å². The first-order valence-corrected chi connectivity index (χ1v) is 20.7. The van der Waals surface area contributed by atoms with Gasteiger partial charge in [0.1, 0.15) is 22.9 Å². The van der Waals surface area contributed by atoms with E-state index in [1.165, 1.54) is 38.9 Å². The van der Waals surface area contributed by atoms with Crippen LogP contribution in [0.15, 0.2) is 126 Å². The van der Waals surface area contributed by atoms with Gasteiger partial charge in [-0.15, -0.1) is 0 Å². The van der Waals surface area contributed by atoms with Gasteiger partial charge in [0, 0.05) is 34.4 Å². The number of aromatic nitrogens is 1. The summed E-state index contributed by atoms with van der Waals surface area (Å²) in [7, 11) is 0. The van der Waals surface area contributed by atoms with Gasteiger partial charge in [0.05, 0.1) is 11.4 Å². The van der Waals surface area contributed by atoms with E-state index in [9.17, 15) is 0 Å². The lowest BCUT2D eigenvalue weighted by atomic mass is 9.72. The average molecular weight is 766 g/mol. The molecular weight excluding hydrogens is 711 g/mol. The molecule has 1 aliphatic carbocycles. The van der Waals surface area contributed by atoms with Crippen molar-refractivity contribution in [3.63, 3.8) is 0 Å². The number of hydrogen-bond acceptors (Lipinski definition) is 5. The van der Waals surface area contributed by atoms with E-state index in [-0.39, 0.29) is 16.2 Å². The van der Waals surface area contributed by atoms with Crippen LogP contribution in [0.3, 0.4) is 0 Å². The van der Waals surface area contributed by atoms with Crippen LogP contribution in [0, 0.1) is 6.92 Å². The Labute approximate surface area is 344 Å². The van der Waals surface area contributed by atoms with Crippen LogP contribution in [-0.2, 0) is 38.5 Å². The molecule has 6 aromatic rings. The third kappa shape index (κ3) is 5.96. The van der Waals surface area contributed by atoms with E-state index in [0.717, 1.165) is 51.8 Å². The molecule has 1 aromatic heterocycles. The van der Waals surface area contributed by atoms with Gasteiger partial charge in [-0.05, 0) is 119 Å². The van der Waals surface area contributed by atoms with Crippen LogP contribution in [0.5, 0.6) is 11.5 Å². The van der Waals surface area contributed by atoms with Gasteiger partial charge in [-0.3, -0.25) is 4.90 Å². The van der Waals surface area contributed by atoms with Gasteiger partial charge in [-0.1, -0.05) is 122 Å². The third-order valence-corrected chi connectivity index (χ3v) is 13.0. The predicted octanol–water partition coefficient (Wildman–Crippen LogP) is 13.4. The fourth-order valence-electron chi connectivity index (χ4n) is 9.43. The Bertz CT molecular complexity index is 2660. The molecule has 3 heterocycles. The second-order valence-corrected chi connectivity index (χ2v) is 19.5. The monoisotopic (exact) mass is 765 g/mol. The Morgan fingerprint density at radius 1 is 0.638 bits per heavy atom. The Balaban J connectivity index is 1.15. The molecule has 0 N–H and O–H groups in total. The minimum absolute atomic E-state index is 0.0206. The maximum atomic E-state index is 7.19. The first kappa shape index (κ1) is 37.9. The minimum Gasteiger partial charge on any atom is -0.463 e. The summed E-state index contributed by atoms with van der Waals surface area (Å²) >= 11 is 0. The number of rotatable bonds is 4. The normalized spacial score (nSPS) is 20.4. The molecule has 0 amide bonds. The SMILES string of the molecule is Cc1cc(Oc2cc(C3=N[C@]4(C)c5ccccc5Cc5ccccc5[C@]4(C)O3)cc(C(C)(C)C)c2)cc(N2c3ccc(C(C)(C)C)cc3C(C)(C)c3cccnc32)c1. The first-order chi connectivity index (χ1) is 27.4. The molecule has 0 radical (unpaired) electrons. The molecule has 294 valence electrons. The van der Waals surface area contributed by atoms with Gasteiger partial charge in [0.15, 0.2) is 5.60 Å². The lowest BCUT2D eigenvalue weighted by molar-refractivity contribution is 0.0289. The second-order valence-electron chi connectivity index (χ2n) is 19.5. The van der Waals surface area contributed by atoms with Crippen molar-refractivity contribution >= 4 is 23.1 Å². The van der Waals surface area contributed by atoms with E-state index in [0.29, 0.717) is 5.90 Å². The van der Waals surface area contributed by atoms with Gasteiger partial charge >= 0.3 is 0 Å². The van der Waals surface area contributed by atoms with Gasteiger partial charge in [-0.25, -0.2) is 9.98 Å². The molecule has 3 aliphatic rings. The summed E-state index contributed by atoms with van der Waals surface area (Å²) in [6.07, 6.45) is 2.75. The molecule has 0 spiro atoms.